The van der Waals surface area contributed by atoms with E-state index >= 15 is 0 Å². The minimum Gasteiger partial charge on any atom is -0.319 e. The Bertz CT molecular complexity index is 1110. The molecule has 0 aliphatic rings. The van der Waals surface area contributed by atoms with Crippen molar-refractivity contribution in [1.82, 2.24) is 9.55 Å². The molecule has 0 unspecified atom stereocenters. The van der Waals surface area contributed by atoms with Gasteiger partial charge in [0.2, 0.25) is 0 Å². The van der Waals surface area contributed by atoms with Crippen LogP contribution < -0.4 is 0 Å². The molecule has 0 bridgehead atoms. The molecule has 1 aromatic heterocycles. The molecule has 4 rings (SSSR count). The average molecular weight is 381 g/mol. The molecule has 0 N–H and O–H groups in total. The van der Waals surface area contributed by atoms with Gasteiger partial charge in [0, 0.05) is 15.6 Å². The monoisotopic (exact) mass is 380 g/mol. The Morgan fingerprint density at radius 2 is 1.73 bits per heavy atom. The lowest BCUT2D eigenvalue weighted by Crippen LogP contribution is -2.03. The Morgan fingerprint density at radius 1 is 0.923 bits per heavy atom. The lowest BCUT2D eigenvalue weighted by Gasteiger charge is -2.13. The average Bonchev–Trinajstić information content (AvgIpc) is 2.96. The highest BCUT2D eigenvalue weighted by molar-refractivity contribution is 6.35. The third-order valence-electron chi connectivity index (χ3n) is 4.62. The molecule has 130 valence electrons. The van der Waals surface area contributed by atoms with Gasteiger partial charge in [-0.05, 0) is 49.2 Å². The maximum absolute atomic E-state index is 6.43. The molecule has 3 aromatic carbocycles. The number of rotatable bonds is 3. The molecule has 0 aliphatic carbocycles. The Labute approximate surface area is 163 Å². The van der Waals surface area contributed by atoms with Crippen LogP contribution in [0.3, 0.4) is 0 Å². The van der Waals surface area contributed by atoms with Gasteiger partial charge >= 0.3 is 0 Å². The zero-order chi connectivity index (χ0) is 18.3. The van der Waals surface area contributed by atoms with Gasteiger partial charge in [0.15, 0.2) is 0 Å². The van der Waals surface area contributed by atoms with Crippen molar-refractivity contribution in [3.05, 3.63) is 87.4 Å². The summed E-state index contributed by atoms with van der Waals surface area (Å²) >= 11 is 12.5. The van der Waals surface area contributed by atoms with E-state index in [1.165, 1.54) is 11.1 Å². The minimum atomic E-state index is 0.638. The summed E-state index contributed by atoms with van der Waals surface area (Å²) in [5, 5.41) is 1.31. The number of halogens is 2. The molecule has 0 saturated carbocycles. The molecule has 0 atom stereocenters. The van der Waals surface area contributed by atoms with E-state index in [0.29, 0.717) is 16.6 Å². The van der Waals surface area contributed by atoms with Crippen LogP contribution in [0.5, 0.6) is 0 Å². The Kier molecular flexibility index (Phi) is 4.47. The van der Waals surface area contributed by atoms with Crippen LogP contribution in [0, 0.1) is 13.8 Å². The molecule has 0 aliphatic heterocycles. The summed E-state index contributed by atoms with van der Waals surface area (Å²) < 4.78 is 2.22. The maximum atomic E-state index is 6.43. The maximum Gasteiger partial charge on any atom is 0.141 e. The van der Waals surface area contributed by atoms with Gasteiger partial charge in [0.1, 0.15) is 5.82 Å². The third kappa shape index (κ3) is 3.11. The molecule has 0 saturated heterocycles. The second-order valence-electron chi connectivity index (χ2n) is 6.56. The predicted molar refractivity (Wildman–Crippen MR) is 110 cm³/mol. The number of imidazole rings is 1. The highest BCUT2D eigenvalue weighted by Crippen LogP contribution is 2.30. The molecule has 0 amide bonds. The second kappa shape index (κ2) is 6.79. The minimum absolute atomic E-state index is 0.638. The number of fused-ring (bicyclic) bond motifs is 1. The van der Waals surface area contributed by atoms with E-state index in [1.807, 2.05) is 30.3 Å². The van der Waals surface area contributed by atoms with Crippen LogP contribution in [-0.4, -0.2) is 9.55 Å². The fraction of sp³-hybridized carbons (Fsp3) is 0.136. The molecular weight excluding hydrogens is 363 g/mol. The highest BCUT2D eigenvalue weighted by atomic mass is 35.5. The molecule has 4 heteroatoms. The summed E-state index contributed by atoms with van der Waals surface area (Å²) in [6.45, 7) is 4.87. The van der Waals surface area contributed by atoms with Crippen molar-refractivity contribution in [2.24, 2.45) is 0 Å². The number of para-hydroxylation sites is 2. The van der Waals surface area contributed by atoms with Gasteiger partial charge in [-0.1, -0.05) is 65.2 Å². The summed E-state index contributed by atoms with van der Waals surface area (Å²) in [6, 6.07) is 20.3. The van der Waals surface area contributed by atoms with E-state index in [2.05, 4.69) is 42.7 Å². The van der Waals surface area contributed by atoms with Gasteiger partial charge in [0.25, 0.3) is 0 Å². The van der Waals surface area contributed by atoms with Crippen molar-refractivity contribution in [3.63, 3.8) is 0 Å². The van der Waals surface area contributed by atoms with Crippen LogP contribution in [-0.2, 0) is 6.54 Å². The molecular formula is C22H18Cl2N2. The smallest absolute Gasteiger partial charge is 0.141 e. The van der Waals surface area contributed by atoms with E-state index in [4.69, 9.17) is 28.2 Å². The quantitative estimate of drug-likeness (QED) is 0.387. The Hall–Kier alpha value is -2.29. The molecule has 1 heterocycles. The van der Waals surface area contributed by atoms with Gasteiger partial charge in [-0.3, -0.25) is 0 Å². The summed E-state index contributed by atoms with van der Waals surface area (Å²) in [7, 11) is 0. The van der Waals surface area contributed by atoms with Crippen molar-refractivity contribution in [2.75, 3.05) is 0 Å². The Balaban J connectivity index is 1.92. The van der Waals surface area contributed by atoms with E-state index < -0.39 is 0 Å². The van der Waals surface area contributed by atoms with Crippen LogP contribution >= 0.6 is 23.2 Å². The standard InChI is InChI=1S/C22H18Cl2N2/c1-14-7-10-18(15(2)11-14)22-25-20-5-3-4-6-21(20)26(22)13-16-8-9-17(23)12-19(16)24/h3-12H,13H2,1-2H3. The molecule has 26 heavy (non-hydrogen) atoms. The summed E-state index contributed by atoms with van der Waals surface area (Å²) in [6.07, 6.45) is 0. The molecule has 0 radical (unpaired) electrons. The zero-order valence-corrected chi connectivity index (χ0v) is 16.1. The lowest BCUT2D eigenvalue weighted by atomic mass is 10.1. The molecule has 4 aromatic rings. The molecule has 2 nitrogen and oxygen atoms in total. The van der Waals surface area contributed by atoms with Crippen molar-refractivity contribution in [2.45, 2.75) is 20.4 Å². The van der Waals surface area contributed by atoms with E-state index in [1.54, 1.807) is 6.07 Å². The van der Waals surface area contributed by atoms with Crippen molar-refractivity contribution >= 4 is 34.2 Å². The fourth-order valence-corrected chi connectivity index (χ4v) is 3.79. The lowest BCUT2D eigenvalue weighted by molar-refractivity contribution is 0.834. The largest absolute Gasteiger partial charge is 0.319 e. The summed E-state index contributed by atoms with van der Waals surface area (Å²) in [5.41, 5.74) is 6.68. The highest BCUT2D eigenvalue weighted by Gasteiger charge is 2.15. The van der Waals surface area contributed by atoms with Gasteiger partial charge < -0.3 is 4.57 Å². The van der Waals surface area contributed by atoms with Crippen LogP contribution in [0.2, 0.25) is 10.0 Å². The van der Waals surface area contributed by atoms with Crippen LogP contribution in [0.1, 0.15) is 16.7 Å². The summed E-state index contributed by atoms with van der Waals surface area (Å²) in [5.74, 6) is 0.953. The number of hydrogen-bond acceptors (Lipinski definition) is 1. The van der Waals surface area contributed by atoms with E-state index in [-0.39, 0.29) is 0 Å². The van der Waals surface area contributed by atoms with Crippen LogP contribution in [0.4, 0.5) is 0 Å². The Morgan fingerprint density at radius 3 is 2.50 bits per heavy atom. The van der Waals surface area contributed by atoms with Gasteiger partial charge in [-0.25, -0.2) is 4.98 Å². The molecule has 0 fully saturated rings. The normalized spacial score (nSPS) is 11.2. The van der Waals surface area contributed by atoms with Crippen LogP contribution in [0.15, 0.2) is 60.7 Å². The van der Waals surface area contributed by atoms with Gasteiger partial charge in [-0.2, -0.15) is 0 Å². The number of hydrogen-bond donors (Lipinski definition) is 0. The third-order valence-corrected chi connectivity index (χ3v) is 5.21. The number of aryl methyl sites for hydroxylation is 2. The van der Waals surface area contributed by atoms with Crippen molar-refractivity contribution < 1.29 is 0 Å². The number of nitrogens with zero attached hydrogens (tertiary/aromatic N) is 2. The number of aromatic nitrogens is 2. The van der Waals surface area contributed by atoms with Crippen molar-refractivity contribution in [1.29, 1.82) is 0 Å². The fourth-order valence-electron chi connectivity index (χ4n) is 3.33. The molecule has 0 spiro atoms. The topological polar surface area (TPSA) is 17.8 Å². The van der Waals surface area contributed by atoms with Gasteiger partial charge in [-0.15, -0.1) is 0 Å². The predicted octanol–water partition coefficient (Wildman–Crippen LogP) is 6.68. The SMILES string of the molecule is Cc1ccc(-c2nc3ccccc3n2Cc2ccc(Cl)cc2Cl)c(C)c1. The second-order valence-corrected chi connectivity index (χ2v) is 7.41. The van der Waals surface area contributed by atoms with E-state index in [9.17, 15) is 0 Å². The number of benzene rings is 3. The van der Waals surface area contributed by atoms with E-state index in [0.717, 1.165) is 28.0 Å². The first-order valence-electron chi connectivity index (χ1n) is 8.50. The van der Waals surface area contributed by atoms with Crippen LogP contribution in [0.25, 0.3) is 22.4 Å². The first-order chi connectivity index (χ1) is 12.5. The first kappa shape index (κ1) is 17.1. The van der Waals surface area contributed by atoms with Gasteiger partial charge in [0.05, 0.1) is 17.6 Å². The van der Waals surface area contributed by atoms with Crippen molar-refractivity contribution in [3.8, 4) is 11.4 Å². The zero-order valence-electron chi connectivity index (χ0n) is 14.6. The first-order valence-corrected chi connectivity index (χ1v) is 9.25. The summed E-state index contributed by atoms with van der Waals surface area (Å²) in [4.78, 5) is 4.91.